The van der Waals surface area contributed by atoms with Crippen molar-refractivity contribution in [3.05, 3.63) is 23.9 Å². The Bertz CT molecular complexity index is 639. The van der Waals surface area contributed by atoms with Gasteiger partial charge in [0, 0.05) is 5.56 Å². The summed E-state index contributed by atoms with van der Waals surface area (Å²) in [6.07, 6.45) is 0. The molecule has 0 fully saturated rings. The molecule has 0 spiro atoms. The van der Waals surface area contributed by atoms with Crippen LogP contribution >= 0.6 is 11.3 Å². The Labute approximate surface area is 120 Å². The fourth-order valence-corrected chi connectivity index (χ4v) is 2.66. The van der Waals surface area contributed by atoms with Crippen LogP contribution in [0.2, 0.25) is 0 Å². The van der Waals surface area contributed by atoms with Gasteiger partial charge in [-0.2, -0.15) is 0 Å². The van der Waals surface area contributed by atoms with E-state index in [2.05, 4.69) is 4.98 Å². The molecule has 0 atom stereocenters. The normalized spacial score (nSPS) is 10.2. The van der Waals surface area contributed by atoms with Gasteiger partial charge in [-0.3, -0.25) is 0 Å². The molecule has 2 rings (SSSR count). The van der Waals surface area contributed by atoms with E-state index in [1.807, 2.05) is 0 Å². The zero-order valence-corrected chi connectivity index (χ0v) is 12.1. The number of esters is 1. The van der Waals surface area contributed by atoms with Gasteiger partial charge in [-0.25, -0.2) is 9.78 Å². The molecule has 20 heavy (non-hydrogen) atoms. The van der Waals surface area contributed by atoms with Crippen molar-refractivity contribution in [3.8, 4) is 21.9 Å². The molecule has 0 unspecified atom stereocenters. The van der Waals surface area contributed by atoms with Crippen molar-refractivity contribution in [3.63, 3.8) is 0 Å². The van der Waals surface area contributed by atoms with E-state index >= 15 is 0 Å². The van der Waals surface area contributed by atoms with Crippen LogP contribution in [0.1, 0.15) is 10.5 Å². The number of methoxy groups -OCH3 is 3. The van der Waals surface area contributed by atoms with Gasteiger partial charge >= 0.3 is 5.97 Å². The Hall–Kier alpha value is -2.28. The van der Waals surface area contributed by atoms with Crippen LogP contribution in [0.25, 0.3) is 10.4 Å². The largest absolute Gasteiger partial charge is 0.493 e. The van der Waals surface area contributed by atoms with E-state index in [0.717, 1.165) is 0 Å². The number of para-hydroxylation sites is 1. The number of rotatable bonds is 4. The molecule has 0 radical (unpaired) electrons. The number of carbonyl (C=O) groups is 1. The number of nitrogen functional groups attached to an aromatic ring is 1. The topological polar surface area (TPSA) is 83.7 Å². The zero-order chi connectivity index (χ0) is 14.7. The van der Waals surface area contributed by atoms with Gasteiger partial charge in [0.2, 0.25) is 0 Å². The molecule has 7 heteroatoms. The number of ether oxygens (including phenoxy) is 3. The first-order valence-corrected chi connectivity index (χ1v) is 6.50. The summed E-state index contributed by atoms with van der Waals surface area (Å²) in [6.45, 7) is 0. The predicted molar refractivity (Wildman–Crippen MR) is 76.4 cm³/mol. The van der Waals surface area contributed by atoms with Crippen molar-refractivity contribution in [2.75, 3.05) is 27.1 Å². The molecule has 1 aromatic carbocycles. The van der Waals surface area contributed by atoms with E-state index in [1.54, 1.807) is 25.3 Å². The van der Waals surface area contributed by atoms with Crippen molar-refractivity contribution in [1.82, 2.24) is 4.98 Å². The van der Waals surface area contributed by atoms with Crippen LogP contribution in [0, 0.1) is 0 Å². The summed E-state index contributed by atoms with van der Waals surface area (Å²) < 4.78 is 15.3. The highest BCUT2D eigenvalue weighted by molar-refractivity contribution is 7.19. The Balaban J connectivity index is 2.65. The molecule has 0 aliphatic rings. The van der Waals surface area contributed by atoms with Crippen molar-refractivity contribution >= 4 is 22.4 Å². The lowest BCUT2D eigenvalue weighted by Gasteiger charge is -2.11. The second kappa shape index (κ2) is 5.79. The monoisotopic (exact) mass is 294 g/mol. The number of hydrogen-bond acceptors (Lipinski definition) is 7. The van der Waals surface area contributed by atoms with Crippen LogP contribution in [0.5, 0.6) is 11.5 Å². The molecule has 6 nitrogen and oxygen atoms in total. The van der Waals surface area contributed by atoms with Crippen LogP contribution in [-0.2, 0) is 4.74 Å². The molecular weight excluding hydrogens is 280 g/mol. The minimum absolute atomic E-state index is 0.168. The molecular formula is C13H14N2O4S. The first-order valence-electron chi connectivity index (χ1n) is 5.68. The van der Waals surface area contributed by atoms with Crippen LogP contribution in [0.4, 0.5) is 5.13 Å². The highest BCUT2D eigenvalue weighted by atomic mass is 32.1. The SMILES string of the molecule is COC(=O)c1nc(N)sc1-c1cccc(OC)c1OC. The Morgan fingerprint density at radius 3 is 2.60 bits per heavy atom. The number of nitrogens with two attached hydrogens (primary N) is 1. The molecule has 1 aromatic heterocycles. The van der Waals surface area contributed by atoms with Gasteiger partial charge in [0.1, 0.15) is 0 Å². The molecule has 0 bridgehead atoms. The average molecular weight is 294 g/mol. The molecule has 0 aliphatic heterocycles. The minimum Gasteiger partial charge on any atom is -0.493 e. The lowest BCUT2D eigenvalue weighted by atomic mass is 10.1. The van der Waals surface area contributed by atoms with E-state index in [9.17, 15) is 4.79 Å². The van der Waals surface area contributed by atoms with Crippen LogP contribution < -0.4 is 15.2 Å². The average Bonchev–Trinajstić information content (AvgIpc) is 2.87. The van der Waals surface area contributed by atoms with Crippen LogP contribution in [-0.4, -0.2) is 32.3 Å². The predicted octanol–water partition coefficient (Wildman–Crippen LogP) is 2.20. The lowest BCUT2D eigenvalue weighted by molar-refractivity contribution is 0.0596. The van der Waals surface area contributed by atoms with Crippen LogP contribution in [0.15, 0.2) is 18.2 Å². The summed E-state index contributed by atoms with van der Waals surface area (Å²) in [5.41, 5.74) is 6.55. The number of aromatic nitrogens is 1. The molecule has 0 saturated heterocycles. The highest BCUT2D eigenvalue weighted by Gasteiger charge is 2.23. The summed E-state index contributed by atoms with van der Waals surface area (Å²) in [5, 5.41) is 0.283. The van der Waals surface area contributed by atoms with Gasteiger partial charge in [0.25, 0.3) is 0 Å². The fourth-order valence-electron chi connectivity index (χ4n) is 1.82. The third-order valence-electron chi connectivity index (χ3n) is 2.67. The number of anilines is 1. The van der Waals surface area contributed by atoms with Gasteiger partial charge in [0.05, 0.1) is 26.2 Å². The summed E-state index contributed by atoms with van der Waals surface area (Å²) in [7, 11) is 4.37. The Morgan fingerprint density at radius 1 is 1.25 bits per heavy atom. The molecule has 0 saturated carbocycles. The van der Waals surface area contributed by atoms with E-state index in [-0.39, 0.29) is 10.8 Å². The van der Waals surface area contributed by atoms with Gasteiger partial charge in [-0.05, 0) is 12.1 Å². The maximum absolute atomic E-state index is 11.8. The quantitative estimate of drug-likeness (QED) is 0.870. The lowest BCUT2D eigenvalue weighted by Crippen LogP contribution is -2.04. The molecule has 0 aliphatic carbocycles. The number of nitrogens with zero attached hydrogens (tertiary/aromatic N) is 1. The summed E-state index contributed by atoms with van der Waals surface area (Å²) in [4.78, 5) is 16.4. The van der Waals surface area contributed by atoms with Crippen molar-refractivity contribution in [2.24, 2.45) is 0 Å². The Kier molecular flexibility index (Phi) is 4.09. The highest BCUT2D eigenvalue weighted by Crippen LogP contribution is 2.42. The van der Waals surface area contributed by atoms with Crippen molar-refractivity contribution in [1.29, 1.82) is 0 Å². The van der Waals surface area contributed by atoms with Gasteiger partial charge in [0.15, 0.2) is 22.3 Å². The first kappa shape index (κ1) is 14.1. The molecule has 1 heterocycles. The first-order chi connectivity index (χ1) is 9.62. The van der Waals surface area contributed by atoms with Gasteiger partial charge < -0.3 is 19.9 Å². The summed E-state index contributed by atoms with van der Waals surface area (Å²) in [6, 6.07) is 5.37. The van der Waals surface area contributed by atoms with E-state index in [1.165, 1.54) is 25.6 Å². The van der Waals surface area contributed by atoms with Gasteiger partial charge in [-0.15, -0.1) is 0 Å². The summed E-state index contributed by atoms with van der Waals surface area (Å²) in [5.74, 6) is 0.536. The maximum atomic E-state index is 11.8. The van der Waals surface area contributed by atoms with Gasteiger partial charge in [-0.1, -0.05) is 17.4 Å². The summed E-state index contributed by atoms with van der Waals surface area (Å²) >= 11 is 1.19. The number of hydrogen-bond donors (Lipinski definition) is 1. The van der Waals surface area contributed by atoms with Crippen molar-refractivity contribution in [2.45, 2.75) is 0 Å². The second-order valence-corrected chi connectivity index (χ2v) is 4.79. The molecule has 0 amide bonds. The number of thiazole rings is 1. The fraction of sp³-hybridized carbons (Fsp3) is 0.231. The van der Waals surface area contributed by atoms with Crippen LogP contribution in [0.3, 0.4) is 0 Å². The molecule has 106 valence electrons. The van der Waals surface area contributed by atoms with E-state index in [4.69, 9.17) is 19.9 Å². The second-order valence-electron chi connectivity index (χ2n) is 3.76. The zero-order valence-electron chi connectivity index (χ0n) is 11.3. The smallest absolute Gasteiger partial charge is 0.358 e. The number of carbonyl (C=O) groups excluding carboxylic acids is 1. The molecule has 2 N–H and O–H groups in total. The van der Waals surface area contributed by atoms with E-state index in [0.29, 0.717) is 21.9 Å². The maximum Gasteiger partial charge on any atom is 0.358 e. The molecule has 2 aromatic rings. The number of benzene rings is 1. The third kappa shape index (κ3) is 2.39. The standard InChI is InChI=1S/C13H14N2O4S/c1-17-8-6-4-5-7(10(8)18-2)11-9(12(16)19-3)15-13(14)20-11/h4-6H,1-3H3,(H2,14,15). The van der Waals surface area contributed by atoms with E-state index < -0.39 is 5.97 Å². The van der Waals surface area contributed by atoms with Crippen molar-refractivity contribution < 1.29 is 19.0 Å². The Morgan fingerprint density at radius 2 is 2.00 bits per heavy atom. The minimum atomic E-state index is -0.544. The third-order valence-corrected chi connectivity index (χ3v) is 3.59.